The SMILES string of the molecule is Cc1ccc(S(=O)(=O)N=Nc2c(O)[nH]c3ccc([N+](=O)[O-])cc23)cc1. The number of non-ortho nitro benzene ring substituents is 1. The molecule has 3 rings (SSSR count). The van der Waals surface area contributed by atoms with Crippen LogP contribution >= 0.6 is 0 Å². The summed E-state index contributed by atoms with van der Waals surface area (Å²) in [6.07, 6.45) is 0. The summed E-state index contributed by atoms with van der Waals surface area (Å²) in [5.74, 6) is -0.432. The first-order valence-electron chi connectivity index (χ1n) is 7.02. The van der Waals surface area contributed by atoms with E-state index >= 15 is 0 Å². The van der Waals surface area contributed by atoms with Crippen LogP contribution in [0.25, 0.3) is 10.9 Å². The Kier molecular flexibility index (Phi) is 3.97. The Bertz CT molecular complexity index is 1100. The number of nitro benzene ring substituents is 1. The molecule has 0 atom stereocenters. The highest BCUT2D eigenvalue weighted by Crippen LogP contribution is 2.37. The second-order valence-electron chi connectivity index (χ2n) is 5.28. The first-order valence-corrected chi connectivity index (χ1v) is 8.46. The Labute approximate surface area is 141 Å². The monoisotopic (exact) mass is 360 g/mol. The number of nitrogens with zero attached hydrogens (tertiary/aromatic N) is 3. The van der Waals surface area contributed by atoms with Crippen LogP contribution in [0.2, 0.25) is 0 Å². The van der Waals surface area contributed by atoms with Gasteiger partial charge in [-0.15, -0.1) is 5.11 Å². The highest BCUT2D eigenvalue weighted by atomic mass is 32.2. The summed E-state index contributed by atoms with van der Waals surface area (Å²) >= 11 is 0. The number of aromatic nitrogens is 1. The Balaban J connectivity index is 2.06. The Hall–Kier alpha value is -3.27. The summed E-state index contributed by atoms with van der Waals surface area (Å²) in [6, 6.07) is 9.85. The van der Waals surface area contributed by atoms with Crippen LogP contribution in [-0.2, 0) is 10.0 Å². The third kappa shape index (κ3) is 3.19. The molecule has 0 aliphatic heterocycles. The van der Waals surface area contributed by atoms with Gasteiger partial charge in [0.1, 0.15) is 0 Å². The molecule has 0 aliphatic rings. The van der Waals surface area contributed by atoms with Gasteiger partial charge in [-0.1, -0.05) is 22.2 Å². The molecule has 0 radical (unpaired) electrons. The van der Waals surface area contributed by atoms with Gasteiger partial charge in [-0.2, -0.15) is 8.42 Å². The Morgan fingerprint density at radius 2 is 1.84 bits per heavy atom. The standard InChI is InChI=1S/C15H12N4O5S/c1-9-2-5-11(6-3-9)25(23,24)18-17-14-12-8-10(19(21)22)4-7-13(12)16-15(14)20/h2-8,16,20H,1H3. The average Bonchev–Trinajstić information content (AvgIpc) is 2.87. The Morgan fingerprint density at radius 1 is 1.16 bits per heavy atom. The van der Waals surface area contributed by atoms with Crippen molar-refractivity contribution in [2.45, 2.75) is 11.8 Å². The molecule has 0 fully saturated rings. The molecule has 0 bridgehead atoms. The lowest BCUT2D eigenvalue weighted by molar-refractivity contribution is -0.384. The van der Waals surface area contributed by atoms with Crippen LogP contribution < -0.4 is 0 Å². The number of hydrogen-bond donors (Lipinski definition) is 2. The molecule has 128 valence electrons. The number of nitrogens with one attached hydrogen (secondary N) is 1. The predicted octanol–water partition coefficient (Wildman–Crippen LogP) is 3.56. The van der Waals surface area contributed by atoms with Gasteiger partial charge < -0.3 is 10.1 Å². The van der Waals surface area contributed by atoms with Gasteiger partial charge in [-0.3, -0.25) is 10.1 Å². The molecule has 9 nitrogen and oxygen atoms in total. The van der Waals surface area contributed by atoms with Crippen LogP contribution in [0.15, 0.2) is 57.0 Å². The second kappa shape index (κ2) is 5.98. The molecular weight excluding hydrogens is 348 g/mol. The van der Waals surface area contributed by atoms with Gasteiger partial charge in [-0.05, 0) is 25.1 Å². The predicted molar refractivity (Wildman–Crippen MR) is 89.5 cm³/mol. The highest BCUT2D eigenvalue weighted by molar-refractivity contribution is 7.90. The smallest absolute Gasteiger partial charge is 0.299 e. The molecule has 0 unspecified atom stereocenters. The van der Waals surface area contributed by atoms with E-state index in [1.54, 1.807) is 12.1 Å². The number of aromatic amines is 1. The topological polar surface area (TPSA) is 138 Å². The number of hydrogen-bond acceptors (Lipinski definition) is 6. The molecule has 1 heterocycles. The normalized spacial score (nSPS) is 12.0. The van der Waals surface area contributed by atoms with E-state index in [1.807, 2.05) is 6.92 Å². The van der Waals surface area contributed by atoms with Crippen LogP contribution in [0.4, 0.5) is 11.4 Å². The number of benzene rings is 2. The first kappa shape index (κ1) is 16.6. The van der Waals surface area contributed by atoms with Crippen molar-refractivity contribution < 1.29 is 18.4 Å². The summed E-state index contributed by atoms with van der Waals surface area (Å²) in [4.78, 5) is 12.8. The lowest BCUT2D eigenvalue weighted by atomic mass is 10.2. The van der Waals surface area contributed by atoms with Gasteiger partial charge in [0.15, 0.2) is 5.69 Å². The maximum absolute atomic E-state index is 12.2. The number of nitro groups is 1. The van der Waals surface area contributed by atoms with Gasteiger partial charge in [0.05, 0.1) is 15.3 Å². The number of fused-ring (bicyclic) bond motifs is 1. The summed E-state index contributed by atoms with van der Waals surface area (Å²) < 4.78 is 27.7. The second-order valence-corrected chi connectivity index (χ2v) is 6.86. The number of aromatic hydroxyl groups is 1. The van der Waals surface area contributed by atoms with Crippen molar-refractivity contribution in [3.05, 3.63) is 58.1 Å². The zero-order chi connectivity index (χ0) is 18.2. The minimum absolute atomic E-state index is 0.0489. The average molecular weight is 360 g/mol. The van der Waals surface area contributed by atoms with Gasteiger partial charge in [0.25, 0.3) is 15.7 Å². The lowest BCUT2D eigenvalue weighted by Crippen LogP contribution is -1.95. The van der Waals surface area contributed by atoms with Gasteiger partial charge in [0.2, 0.25) is 5.88 Å². The third-order valence-electron chi connectivity index (χ3n) is 3.51. The van der Waals surface area contributed by atoms with Crippen LogP contribution in [0, 0.1) is 17.0 Å². The molecular formula is C15H12N4O5S. The summed E-state index contributed by atoms with van der Waals surface area (Å²) in [6.45, 7) is 1.81. The van der Waals surface area contributed by atoms with E-state index in [2.05, 4.69) is 14.6 Å². The minimum atomic E-state index is -4.07. The van der Waals surface area contributed by atoms with Crippen LogP contribution in [0.3, 0.4) is 0 Å². The molecule has 0 aliphatic carbocycles. The molecule has 25 heavy (non-hydrogen) atoms. The summed E-state index contributed by atoms with van der Waals surface area (Å²) in [5, 5.41) is 24.6. The molecule has 0 spiro atoms. The van der Waals surface area contributed by atoms with Crippen molar-refractivity contribution in [3.63, 3.8) is 0 Å². The first-order chi connectivity index (χ1) is 11.8. The fourth-order valence-corrected chi connectivity index (χ4v) is 2.98. The van der Waals surface area contributed by atoms with E-state index in [1.165, 1.54) is 30.3 Å². The van der Waals surface area contributed by atoms with Gasteiger partial charge in [-0.25, -0.2) is 0 Å². The lowest BCUT2D eigenvalue weighted by Gasteiger charge is -1.98. The van der Waals surface area contributed by atoms with E-state index in [0.29, 0.717) is 5.52 Å². The minimum Gasteiger partial charge on any atom is -0.493 e. The van der Waals surface area contributed by atoms with Crippen LogP contribution in [-0.4, -0.2) is 23.4 Å². The van der Waals surface area contributed by atoms with Crippen molar-refractivity contribution in [2.75, 3.05) is 0 Å². The summed E-state index contributed by atoms with van der Waals surface area (Å²) in [5.41, 5.74) is 0.848. The van der Waals surface area contributed by atoms with Crippen molar-refractivity contribution in [2.24, 2.45) is 9.63 Å². The van der Waals surface area contributed by atoms with E-state index in [-0.39, 0.29) is 21.7 Å². The third-order valence-corrected chi connectivity index (χ3v) is 4.68. The largest absolute Gasteiger partial charge is 0.493 e. The van der Waals surface area contributed by atoms with Crippen molar-refractivity contribution >= 4 is 32.3 Å². The van der Waals surface area contributed by atoms with Gasteiger partial charge in [0, 0.05) is 17.5 Å². The summed E-state index contributed by atoms with van der Waals surface area (Å²) in [7, 11) is -4.07. The molecule has 2 N–H and O–H groups in total. The maximum atomic E-state index is 12.2. The van der Waals surface area contributed by atoms with E-state index < -0.39 is 20.8 Å². The van der Waals surface area contributed by atoms with E-state index in [9.17, 15) is 23.6 Å². The zero-order valence-electron chi connectivity index (χ0n) is 12.9. The van der Waals surface area contributed by atoms with Crippen LogP contribution in [0.5, 0.6) is 5.88 Å². The van der Waals surface area contributed by atoms with E-state index in [4.69, 9.17) is 0 Å². The number of sulfonamides is 1. The zero-order valence-corrected chi connectivity index (χ0v) is 13.7. The van der Waals surface area contributed by atoms with Crippen molar-refractivity contribution in [3.8, 4) is 5.88 Å². The number of rotatable bonds is 4. The Morgan fingerprint density at radius 3 is 2.48 bits per heavy atom. The fourth-order valence-electron chi connectivity index (χ4n) is 2.22. The fraction of sp³-hybridized carbons (Fsp3) is 0.0667. The molecule has 0 saturated heterocycles. The number of aryl methyl sites for hydroxylation is 1. The molecule has 2 aromatic carbocycles. The van der Waals surface area contributed by atoms with Crippen LogP contribution in [0.1, 0.15) is 5.56 Å². The molecule has 0 saturated carbocycles. The van der Waals surface area contributed by atoms with Gasteiger partial charge >= 0.3 is 0 Å². The van der Waals surface area contributed by atoms with Crippen molar-refractivity contribution in [1.82, 2.24) is 4.98 Å². The maximum Gasteiger partial charge on any atom is 0.299 e. The molecule has 1 aromatic heterocycles. The highest BCUT2D eigenvalue weighted by Gasteiger charge is 2.17. The molecule has 10 heteroatoms. The molecule has 3 aromatic rings. The molecule has 0 amide bonds. The van der Waals surface area contributed by atoms with Crippen molar-refractivity contribution in [1.29, 1.82) is 0 Å². The quantitative estimate of drug-likeness (QED) is 0.416. The number of H-pyrrole nitrogens is 1. The van der Waals surface area contributed by atoms with E-state index in [0.717, 1.165) is 5.56 Å².